The molecule has 0 atom stereocenters. The van der Waals surface area contributed by atoms with Crippen molar-refractivity contribution in [1.82, 2.24) is 14.5 Å². The van der Waals surface area contributed by atoms with E-state index in [0.29, 0.717) is 17.0 Å². The van der Waals surface area contributed by atoms with Crippen LogP contribution < -0.4 is 9.46 Å². The number of methoxy groups -OCH3 is 1. The average molecular weight is 332 g/mol. The molecule has 23 heavy (non-hydrogen) atoms. The fourth-order valence-electron chi connectivity index (χ4n) is 2.39. The molecule has 120 valence electrons. The molecule has 0 aliphatic rings. The molecule has 0 bridgehead atoms. The van der Waals surface area contributed by atoms with E-state index in [9.17, 15) is 8.42 Å². The van der Waals surface area contributed by atoms with Gasteiger partial charge in [-0.15, -0.1) is 0 Å². The van der Waals surface area contributed by atoms with Crippen LogP contribution in [0.2, 0.25) is 0 Å². The van der Waals surface area contributed by atoms with E-state index in [2.05, 4.69) is 14.7 Å². The number of aromatic nitrogens is 3. The Balaban J connectivity index is 2.10. The molecule has 0 radical (unpaired) electrons. The molecule has 0 aliphatic carbocycles. The summed E-state index contributed by atoms with van der Waals surface area (Å²) in [7, 11) is 0.157. The quantitative estimate of drug-likeness (QED) is 0.790. The van der Waals surface area contributed by atoms with E-state index in [1.165, 1.54) is 0 Å². The van der Waals surface area contributed by atoms with E-state index < -0.39 is 10.0 Å². The first kappa shape index (κ1) is 15.3. The third-order valence-corrected chi connectivity index (χ3v) is 4.00. The van der Waals surface area contributed by atoms with Crippen molar-refractivity contribution in [2.75, 3.05) is 18.1 Å². The van der Waals surface area contributed by atoms with Crippen molar-refractivity contribution in [2.24, 2.45) is 7.05 Å². The molecule has 3 aromatic rings. The van der Waals surface area contributed by atoms with E-state index >= 15 is 0 Å². The van der Waals surface area contributed by atoms with Gasteiger partial charge < -0.3 is 9.30 Å². The Morgan fingerprint density at radius 2 is 2.00 bits per heavy atom. The van der Waals surface area contributed by atoms with Crippen molar-refractivity contribution in [2.45, 2.75) is 0 Å². The number of nitrogens with zero attached hydrogens (tertiary/aromatic N) is 3. The number of pyridine rings is 1. The lowest BCUT2D eigenvalue weighted by Gasteiger charge is -2.05. The molecule has 0 fully saturated rings. The first-order chi connectivity index (χ1) is 10.9. The summed E-state index contributed by atoms with van der Waals surface area (Å²) < 4.78 is 32.2. The number of sulfonamides is 1. The summed E-state index contributed by atoms with van der Waals surface area (Å²) in [6.07, 6.45) is 4.45. The number of imidazole rings is 1. The summed E-state index contributed by atoms with van der Waals surface area (Å²) >= 11 is 0. The predicted octanol–water partition coefficient (Wildman–Crippen LogP) is 2.02. The lowest BCUT2D eigenvalue weighted by Crippen LogP contribution is -2.09. The minimum Gasteiger partial charge on any atom is -0.495 e. The SMILES string of the molecule is COc1cncc(-c2nc3cc(NS(C)(=O)=O)ccc3n2C)c1. The van der Waals surface area contributed by atoms with E-state index in [0.717, 1.165) is 23.2 Å². The lowest BCUT2D eigenvalue weighted by molar-refractivity contribution is 0.413. The van der Waals surface area contributed by atoms with E-state index in [1.54, 1.807) is 31.6 Å². The zero-order chi connectivity index (χ0) is 16.6. The average Bonchev–Trinajstić information content (AvgIpc) is 2.82. The molecule has 2 aromatic heterocycles. The lowest BCUT2D eigenvalue weighted by atomic mass is 10.2. The van der Waals surface area contributed by atoms with Crippen molar-refractivity contribution in [3.05, 3.63) is 36.7 Å². The van der Waals surface area contributed by atoms with Crippen molar-refractivity contribution < 1.29 is 13.2 Å². The molecule has 3 rings (SSSR count). The van der Waals surface area contributed by atoms with Crippen LogP contribution in [0.3, 0.4) is 0 Å². The number of hydrogen-bond donors (Lipinski definition) is 1. The summed E-state index contributed by atoms with van der Waals surface area (Å²) in [5, 5.41) is 0. The highest BCUT2D eigenvalue weighted by Crippen LogP contribution is 2.27. The highest BCUT2D eigenvalue weighted by molar-refractivity contribution is 7.92. The first-order valence-corrected chi connectivity index (χ1v) is 8.70. The molecule has 2 heterocycles. The highest BCUT2D eigenvalue weighted by Gasteiger charge is 2.12. The van der Waals surface area contributed by atoms with Crippen LogP contribution in [-0.2, 0) is 17.1 Å². The van der Waals surface area contributed by atoms with Gasteiger partial charge in [-0.1, -0.05) is 0 Å². The maximum atomic E-state index is 11.3. The Hall–Kier alpha value is -2.61. The number of rotatable bonds is 4. The summed E-state index contributed by atoms with van der Waals surface area (Å²) in [5.41, 5.74) is 2.88. The van der Waals surface area contributed by atoms with Crippen molar-refractivity contribution in [3.8, 4) is 17.1 Å². The fourth-order valence-corrected chi connectivity index (χ4v) is 2.94. The van der Waals surface area contributed by atoms with Crippen molar-refractivity contribution in [3.63, 3.8) is 0 Å². The summed E-state index contributed by atoms with van der Waals surface area (Å²) in [6.45, 7) is 0. The van der Waals surface area contributed by atoms with Crippen LogP contribution in [0, 0.1) is 0 Å². The largest absolute Gasteiger partial charge is 0.495 e. The zero-order valence-electron chi connectivity index (χ0n) is 12.9. The number of nitrogens with one attached hydrogen (secondary N) is 1. The maximum Gasteiger partial charge on any atom is 0.229 e. The molecule has 8 heteroatoms. The Morgan fingerprint density at radius 3 is 2.70 bits per heavy atom. The van der Waals surface area contributed by atoms with Crippen LogP contribution in [0.15, 0.2) is 36.7 Å². The van der Waals surface area contributed by atoms with E-state index in [-0.39, 0.29) is 0 Å². The van der Waals surface area contributed by atoms with Crippen LogP contribution in [0.5, 0.6) is 5.75 Å². The van der Waals surface area contributed by atoms with Crippen LogP contribution in [0.1, 0.15) is 0 Å². The van der Waals surface area contributed by atoms with Crippen molar-refractivity contribution >= 4 is 26.7 Å². The molecule has 0 aliphatic heterocycles. The molecule has 0 spiro atoms. The smallest absolute Gasteiger partial charge is 0.229 e. The number of benzene rings is 1. The van der Waals surface area contributed by atoms with Gasteiger partial charge in [0.2, 0.25) is 10.0 Å². The monoisotopic (exact) mass is 332 g/mol. The molecule has 0 unspecified atom stereocenters. The third-order valence-electron chi connectivity index (χ3n) is 3.39. The van der Waals surface area contributed by atoms with Gasteiger partial charge in [-0.05, 0) is 24.3 Å². The standard InChI is InChI=1S/C15H16N4O3S/c1-19-14-5-4-11(18-23(3,20)21)7-13(14)17-15(19)10-6-12(22-2)9-16-8-10/h4-9,18H,1-3H3. The van der Waals surface area contributed by atoms with Crippen LogP contribution in [0.25, 0.3) is 22.4 Å². The number of fused-ring (bicyclic) bond motifs is 1. The van der Waals surface area contributed by atoms with Crippen LogP contribution >= 0.6 is 0 Å². The Morgan fingerprint density at radius 1 is 1.22 bits per heavy atom. The summed E-state index contributed by atoms with van der Waals surface area (Å²) in [4.78, 5) is 8.72. The van der Waals surface area contributed by atoms with Gasteiger partial charge in [0.15, 0.2) is 0 Å². The third kappa shape index (κ3) is 3.11. The van der Waals surface area contributed by atoms with Gasteiger partial charge in [0, 0.05) is 18.8 Å². The molecule has 1 N–H and O–H groups in total. The molecule has 0 saturated carbocycles. The minimum absolute atomic E-state index is 0.480. The van der Waals surface area contributed by atoms with Crippen LogP contribution in [-0.4, -0.2) is 36.3 Å². The van der Waals surface area contributed by atoms with Gasteiger partial charge in [0.1, 0.15) is 11.6 Å². The Kier molecular flexibility index (Phi) is 3.69. The number of anilines is 1. The van der Waals surface area contributed by atoms with Gasteiger partial charge in [0.05, 0.1) is 36.3 Å². The van der Waals surface area contributed by atoms with Gasteiger partial charge >= 0.3 is 0 Å². The second kappa shape index (κ2) is 5.54. The minimum atomic E-state index is -3.32. The Bertz CT molecular complexity index is 980. The number of hydrogen-bond acceptors (Lipinski definition) is 5. The molecule has 7 nitrogen and oxygen atoms in total. The summed E-state index contributed by atoms with van der Waals surface area (Å²) in [6, 6.07) is 7.09. The fraction of sp³-hybridized carbons (Fsp3) is 0.200. The van der Waals surface area contributed by atoms with Crippen LogP contribution in [0.4, 0.5) is 5.69 Å². The van der Waals surface area contributed by atoms with Gasteiger partial charge in [0.25, 0.3) is 0 Å². The molecule has 0 saturated heterocycles. The molecule has 0 amide bonds. The zero-order valence-corrected chi connectivity index (χ0v) is 13.8. The number of aryl methyl sites for hydroxylation is 1. The molecule has 1 aromatic carbocycles. The molecular weight excluding hydrogens is 316 g/mol. The first-order valence-electron chi connectivity index (χ1n) is 6.81. The predicted molar refractivity (Wildman–Crippen MR) is 89.0 cm³/mol. The van der Waals surface area contributed by atoms with E-state index in [4.69, 9.17) is 4.74 Å². The van der Waals surface area contributed by atoms with Gasteiger partial charge in [-0.2, -0.15) is 0 Å². The second-order valence-corrected chi connectivity index (χ2v) is 6.93. The van der Waals surface area contributed by atoms with E-state index in [1.807, 2.05) is 23.7 Å². The highest BCUT2D eigenvalue weighted by atomic mass is 32.2. The second-order valence-electron chi connectivity index (χ2n) is 5.19. The number of ether oxygens (including phenoxy) is 1. The normalized spacial score (nSPS) is 11.6. The van der Waals surface area contributed by atoms with Gasteiger partial charge in [-0.3, -0.25) is 9.71 Å². The maximum absolute atomic E-state index is 11.3. The summed E-state index contributed by atoms with van der Waals surface area (Å²) in [5.74, 6) is 1.37. The Labute approximate surface area is 134 Å². The van der Waals surface area contributed by atoms with Crippen molar-refractivity contribution in [1.29, 1.82) is 0 Å². The van der Waals surface area contributed by atoms with Gasteiger partial charge in [-0.25, -0.2) is 13.4 Å². The molecular formula is C15H16N4O3S. The topological polar surface area (TPSA) is 86.1 Å².